The van der Waals surface area contributed by atoms with Gasteiger partial charge in [0.25, 0.3) is 0 Å². The van der Waals surface area contributed by atoms with Gasteiger partial charge < -0.3 is 19.2 Å². The van der Waals surface area contributed by atoms with E-state index >= 15 is 0 Å². The van der Waals surface area contributed by atoms with Gasteiger partial charge in [-0.2, -0.15) is 5.26 Å². The smallest absolute Gasteiger partial charge is 0.228 e. The molecule has 30 heavy (non-hydrogen) atoms. The van der Waals surface area contributed by atoms with Gasteiger partial charge in [0.15, 0.2) is 5.58 Å². The third-order valence-corrected chi connectivity index (χ3v) is 4.83. The number of benzene rings is 2. The van der Waals surface area contributed by atoms with Crippen molar-refractivity contribution in [3.8, 4) is 29.0 Å². The zero-order valence-corrected chi connectivity index (χ0v) is 17.0. The molecule has 0 saturated heterocycles. The molecule has 0 aliphatic heterocycles. The first kappa shape index (κ1) is 19.8. The van der Waals surface area contributed by atoms with Crippen LogP contribution in [0.15, 0.2) is 40.8 Å². The standard InChI is InChI=1S/C23H23N3O4/c1-14(25-15(2)27)12-28-19-6-8-21-22(10-19)30-23(26-21)20-7-5-18(9-17(20)11-24)29-13-16-3-4-16/h5-10,14,16H,3-4,12-13H2,1-2H3,(H,25,27)/t14-/m0/s1. The first-order chi connectivity index (χ1) is 14.5. The Morgan fingerprint density at radius 2 is 2.03 bits per heavy atom. The predicted octanol–water partition coefficient (Wildman–Crippen LogP) is 4.06. The molecule has 1 N–H and O–H groups in total. The second-order valence-electron chi connectivity index (χ2n) is 7.63. The molecular formula is C23H23N3O4. The highest BCUT2D eigenvalue weighted by atomic mass is 16.5. The minimum Gasteiger partial charge on any atom is -0.493 e. The van der Waals surface area contributed by atoms with E-state index < -0.39 is 0 Å². The molecule has 0 radical (unpaired) electrons. The molecule has 154 valence electrons. The van der Waals surface area contributed by atoms with Crippen molar-refractivity contribution in [3.05, 3.63) is 42.0 Å². The van der Waals surface area contributed by atoms with E-state index in [0.717, 1.165) is 0 Å². The van der Waals surface area contributed by atoms with Crippen molar-refractivity contribution in [2.45, 2.75) is 32.7 Å². The number of nitrogens with zero attached hydrogens (tertiary/aromatic N) is 2. The Morgan fingerprint density at radius 1 is 1.27 bits per heavy atom. The highest BCUT2D eigenvalue weighted by Crippen LogP contribution is 2.33. The van der Waals surface area contributed by atoms with E-state index in [0.29, 0.717) is 58.7 Å². The van der Waals surface area contributed by atoms with Crippen LogP contribution < -0.4 is 14.8 Å². The maximum absolute atomic E-state index is 11.1. The van der Waals surface area contributed by atoms with Gasteiger partial charge in [0.2, 0.25) is 11.8 Å². The molecule has 1 aromatic heterocycles. The van der Waals surface area contributed by atoms with Gasteiger partial charge in [0.05, 0.1) is 23.8 Å². The van der Waals surface area contributed by atoms with Crippen molar-refractivity contribution >= 4 is 17.0 Å². The predicted molar refractivity (Wildman–Crippen MR) is 111 cm³/mol. The molecule has 1 amide bonds. The van der Waals surface area contributed by atoms with E-state index in [2.05, 4.69) is 16.4 Å². The number of nitrogens with one attached hydrogen (secondary N) is 1. The van der Waals surface area contributed by atoms with Crippen LogP contribution >= 0.6 is 0 Å². The number of hydrogen-bond acceptors (Lipinski definition) is 6. The van der Waals surface area contributed by atoms with Crippen LogP contribution in [0.3, 0.4) is 0 Å². The Balaban J connectivity index is 1.51. The van der Waals surface area contributed by atoms with Crippen molar-refractivity contribution < 1.29 is 18.7 Å². The van der Waals surface area contributed by atoms with E-state index in [1.807, 2.05) is 13.0 Å². The summed E-state index contributed by atoms with van der Waals surface area (Å²) < 4.78 is 17.4. The fourth-order valence-electron chi connectivity index (χ4n) is 3.11. The van der Waals surface area contributed by atoms with Crippen molar-refractivity contribution in [2.24, 2.45) is 5.92 Å². The monoisotopic (exact) mass is 405 g/mol. The number of amides is 1. The van der Waals surface area contributed by atoms with Crippen LogP contribution in [-0.4, -0.2) is 30.1 Å². The number of ether oxygens (including phenoxy) is 2. The minimum atomic E-state index is -0.109. The molecule has 0 spiro atoms. The zero-order valence-electron chi connectivity index (χ0n) is 17.0. The molecule has 0 bridgehead atoms. The Labute approximate surface area is 174 Å². The lowest BCUT2D eigenvalue weighted by Gasteiger charge is -2.13. The Bertz CT molecular complexity index is 1110. The summed E-state index contributed by atoms with van der Waals surface area (Å²) >= 11 is 0. The van der Waals surface area contributed by atoms with Crippen LogP contribution in [0.4, 0.5) is 0 Å². The van der Waals surface area contributed by atoms with Crippen LogP contribution in [0, 0.1) is 17.2 Å². The fourth-order valence-corrected chi connectivity index (χ4v) is 3.11. The summed E-state index contributed by atoms with van der Waals surface area (Å²) in [5, 5.41) is 12.3. The van der Waals surface area contributed by atoms with Gasteiger partial charge in [-0.1, -0.05) is 0 Å². The SMILES string of the molecule is CC(=O)N[C@@H](C)COc1ccc2nc(-c3ccc(OCC4CC4)cc3C#N)oc2c1. The Morgan fingerprint density at radius 3 is 2.77 bits per heavy atom. The van der Waals surface area contributed by atoms with Gasteiger partial charge in [0.1, 0.15) is 29.7 Å². The van der Waals surface area contributed by atoms with Crippen molar-refractivity contribution in [3.63, 3.8) is 0 Å². The molecule has 0 unspecified atom stereocenters. The van der Waals surface area contributed by atoms with Gasteiger partial charge in [-0.05, 0) is 56.0 Å². The van der Waals surface area contributed by atoms with E-state index in [-0.39, 0.29) is 11.9 Å². The molecule has 1 fully saturated rings. The van der Waals surface area contributed by atoms with E-state index in [4.69, 9.17) is 13.9 Å². The summed E-state index contributed by atoms with van der Waals surface area (Å²) in [5.41, 5.74) is 2.31. The summed E-state index contributed by atoms with van der Waals surface area (Å²) in [5.74, 6) is 2.22. The third kappa shape index (κ3) is 4.71. The third-order valence-electron chi connectivity index (χ3n) is 4.83. The van der Waals surface area contributed by atoms with Crippen LogP contribution in [0.2, 0.25) is 0 Å². The quantitative estimate of drug-likeness (QED) is 0.607. The topological polar surface area (TPSA) is 97.4 Å². The average molecular weight is 405 g/mol. The van der Waals surface area contributed by atoms with Crippen molar-refractivity contribution in [2.75, 3.05) is 13.2 Å². The van der Waals surface area contributed by atoms with E-state index in [9.17, 15) is 10.1 Å². The Kier molecular flexibility index (Phi) is 5.57. The van der Waals surface area contributed by atoms with Gasteiger partial charge in [-0.25, -0.2) is 4.98 Å². The van der Waals surface area contributed by atoms with Gasteiger partial charge in [-0.15, -0.1) is 0 Å². The number of fused-ring (bicyclic) bond motifs is 1. The molecule has 4 rings (SSSR count). The van der Waals surface area contributed by atoms with Crippen molar-refractivity contribution in [1.82, 2.24) is 10.3 Å². The molecule has 1 heterocycles. The number of carbonyl (C=O) groups excluding carboxylic acids is 1. The fraction of sp³-hybridized carbons (Fsp3) is 0.348. The number of rotatable bonds is 8. The summed E-state index contributed by atoms with van der Waals surface area (Å²) in [4.78, 5) is 15.6. The van der Waals surface area contributed by atoms with Gasteiger partial charge >= 0.3 is 0 Å². The molecule has 1 atom stereocenters. The second kappa shape index (κ2) is 8.46. The summed E-state index contributed by atoms with van der Waals surface area (Å²) in [6.45, 7) is 4.37. The lowest BCUT2D eigenvalue weighted by Crippen LogP contribution is -2.35. The van der Waals surface area contributed by atoms with E-state index in [1.165, 1.54) is 19.8 Å². The molecule has 7 heteroatoms. The molecule has 7 nitrogen and oxygen atoms in total. The largest absolute Gasteiger partial charge is 0.493 e. The number of oxazole rings is 1. The van der Waals surface area contributed by atoms with E-state index in [1.54, 1.807) is 30.3 Å². The van der Waals surface area contributed by atoms with Gasteiger partial charge in [0, 0.05) is 13.0 Å². The lowest BCUT2D eigenvalue weighted by molar-refractivity contribution is -0.119. The number of nitriles is 1. The number of carbonyl (C=O) groups is 1. The first-order valence-corrected chi connectivity index (χ1v) is 9.99. The first-order valence-electron chi connectivity index (χ1n) is 9.99. The van der Waals surface area contributed by atoms with Crippen LogP contribution in [0.5, 0.6) is 11.5 Å². The average Bonchev–Trinajstić information content (AvgIpc) is 3.46. The van der Waals surface area contributed by atoms with Crippen LogP contribution in [0.25, 0.3) is 22.6 Å². The highest BCUT2D eigenvalue weighted by Gasteiger charge is 2.22. The summed E-state index contributed by atoms with van der Waals surface area (Å²) in [6, 6.07) is 12.8. The number of hydrogen-bond donors (Lipinski definition) is 1. The maximum Gasteiger partial charge on any atom is 0.228 e. The molecule has 1 aliphatic rings. The highest BCUT2D eigenvalue weighted by molar-refractivity contribution is 5.79. The second-order valence-corrected chi connectivity index (χ2v) is 7.63. The summed E-state index contributed by atoms with van der Waals surface area (Å²) in [7, 11) is 0. The summed E-state index contributed by atoms with van der Waals surface area (Å²) in [6.07, 6.45) is 2.42. The molecule has 1 saturated carbocycles. The molecular weight excluding hydrogens is 382 g/mol. The van der Waals surface area contributed by atoms with Crippen LogP contribution in [0.1, 0.15) is 32.3 Å². The van der Waals surface area contributed by atoms with Gasteiger partial charge in [-0.3, -0.25) is 4.79 Å². The lowest BCUT2D eigenvalue weighted by atomic mass is 10.1. The van der Waals surface area contributed by atoms with Crippen molar-refractivity contribution in [1.29, 1.82) is 5.26 Å². The normalized spacial score (nSPS) is 14.2. The Hall–Kier alpha value is -3.53. The molecule has 3 aromatic rings. The molecule has 1 aliphatic carbocycles. The number of aromatic nitrogens is 1. The molecule has 2 aromatic carbocycles. The minimum absolute atomic E-state index is 0.0984. The van der Waals surface area contributed by atoms with Crippen LogP contribution in [-0.2, 0) is 4.79 Å². The zero-order chi connectivity index (χ0) is 21.1. The maximum atomic E-state index is 11.1.